The van der Waals surface area contributed by atoms with Gasteiger partial charge in [0.15, 0.2) is 0 Å². The number of rotatable bonds is 4. The molecular weight excluding hydrogens is 336 g/mol. The molecule has 2 aromatic carbocycles. The van der Waals surface area contributed by atoms with Gasteiger partial charge in [-0.1, -0.05) is 57.4 Å². The number of halogens is 2. The van der Waals surface area contributed by atoms with Crippen LogP contribution in [0, 0.1) is 13.8 Å². The maximum atomic E-state index is 10.3. The SMILES string of the molecule is Cc1ccc(C)c(CC(O)Cc2ccc(Br)cc2Cl)c1. The Labute approximate surface area is 133 Å². The lowest BCUT2D eigenvalue weighted by atomic mass is 9.97. The molecule has 0 bridgehead atoms. The summed E-state index contributed by atoms with van der Waals surface area (Å²) in [7, 11) is 0. The van der Waals surface area contributed by atoms with Gasteiger partial charge in [-0.25, -0.2) is 0 Å². The molecule has 3 heteroatoms. The summed E-state index contributed by atoms with van der Waals surface area (Å²) >= 11 is 9.58. The second-order valence-electron chi connectivity index (χ2n) is 5.23. The Balaban J connectivity index is 2.08. The van der Waals surface area contributed by atoms with Gasteiger partial charge in [-0.3, -0.25) is 0 Å². The summed E-state index contributed by atoms with van der Waals surface area (Å²) in [5.41, 5.74) is 4.62. The van der Waals surface area contributed by atoms with Gasteiger partial charge in [0.2, 0.25) is 0 Å². The Morgan fingerprint density at radius 1 is 1.05 bits per heavy atom. The molecule has 1 atom stereocenters. The Morgan fingerprint density at radius 2 is 1.75 bits per heavy atom. The van der Waals surface area contributed by atoms with Crippen molar-refractivity contribution in [3.05, 3.63) is 68.1 Å². The largest absolute Gasteiger partial charge is 0.392 e. The van der Waals surface area contributed by atoms with Gasteiger partial charge in [-0.05, 0) is 49.1 Å². The molecule has 2 rings (SSSR count). The van der Waals surface area contributed by atoms with E-state index in [1.165, 1.54) is 16.7 Å². The first-order valence-electron chi connectivity index (χ1n) is 6.64. The molecule has 0 aliphatic rings. The number of aliphatic hydroxyl groups is 1. The fraction of sp³-hybridized carbons (Fsp3) is 0.294. The molecule has 0 aliphatic carbocycles. The van der Waals surface area contributed by atoms with Crippen molar-refractivity contribution in [2.75, 3.05) is 0 Å². The molecule has 106 valence electrons. The first-order chi connectivity index (χ1) is 9.45. The number of hydrogen-bond donors (Lipinski definition) is 1. The van der Waals surface area contributed by atoms with E-state index in [4.69, 9.17) is 11.6 Å². The van der Waals surface area contributed by atoms with Crippen LogP contribution in [0.1, 0.15) is 22.3 Å². The molecular formula is C17H18BrClO. The van der Waals surface area contributed by atoms with E-state index in [0.29, 0.717) is 17.9 Å². The second-order valence-corrected chi connectivity index (χ2v) is 6.55. The smallest absolute Gasteiger partial charge is 0.0621 e. The minimum Gasteiger partial charge on any atom is -0.392 e. The number of hydrogen-bond acceptors (Lipinski definition) is 1. The van der Waals surface area contributed by atoms with Crippen LogP contribution in [0.4, 0.5) is 0 Å². The minimum absolute atomic E-state index is 0.422. The van der Waals surface area contributed by atoms with Gasteiger partial charge in [-0.2, -0.15) is 0 Å². The summed E-state index contributed by atoms with van der Waals surface area (Å²) in [6.07, 6.45) is 0.800. The quantitative estimate of drug-likeness (QED) is 0.832. The van der Waals surface area contributed by atoms with Crippen LogP contribution in [0.3, 0.4) is 0 Å². The van der Waals surface area contributed by atoms with Crippen LogP contribution in [-0.2, 0) is 12.8 Å². The standard InChI is InChI=1S/C17H18BrClO/c1-11-3-4-12(2)14(7-11)9-16(20)8-13-5-6-15(18)10-17(13)19/h3-7,10,16,20H,8-9H2,1-2H3. The van der Waals surface area contributed by atoms with Crippen LogP contribution in [-0.4, -0.2) is 11.2 Å². The zero-order valence-corrected chi connectivity index (χ0v) is 14.0. The zero-order valence-electron chi connectivity index (χ0n) is 11.7. The van der Waals surface area contributed by atoms with E-state index in [9.17, 15) is 5.11 Å². The molecule has 0 aromatic heterocycles. The topological polar surface area (TPSA) is 20.2 Å². The summed E-state index contributed by atoms with van der Waals surface area (Å²) in [4.78, 5) is 0. The lowest BCUT2D eigenvalue weighted by Crippen LogP contribution is -2.15. The summed E-state index contributed by atoms with van der Waals surface area (Å²) < 4.78 is 0.954. The fourth-order valence-corrected chi connectivity index (χ4v) is 3.04. The zero-order chi connectivity index (χ0) is 14.7. The highest BCUT2D eigenvalue weighted by Crippen LogP contribution is 2.23. The maximum Gasteiger partial charge on any atom is 0.0621 e. The monoisotopic (exact) mass is 352 g/mol. The van der Waals surface area contributed by atoms with Crippen LogP contribution in [0.15, 0.2) is 40.9 Å². The minimum atomic E-state index is -0.422. The molecule has 0 fully saturated rings. The lowest BCUT2D eigenvalue weighted by Gasteiger charge is -2.14. The first kappa shape index (κ1) is 15.6. The molecule has 0 spiro atoms. The van der Waals surface area contributed by atoms with E-state index in [-0.39, 0.29) is 0 Å². The molecule has 0 amide bonds. The molecule has 0 saturated carbocycles. The van der Waals surface area contributed by atoms with Crippen LogP contribution >= 0.6 is 27.5 Å². The predicted octanol–water partition coefficient (Wildman–Crippen LogP) is 4.87. The van der Waals surface area contributed by atoms with Gasteiger partial charge in [0.1, 0.15) is 0 Å². The third kappa shape index (κ3) is 4.08. The van der Waals surface area contributed by atoms with Crippen LogP contribution < -0.4 is 0 Å². The van der Waals surface area contributed by atoms with E-state index in [1.807, 2.05) is 18.2 Å². The molecule has 0 radical (unpaired) electrons. The van der Waals surface area contributed by atoms with Crippen molar-refractivity contribution < 1.29 is 5.11 Å². The Kier molecular flexibility index (Phi) is 5.25. The summed E-state index contributed by atoms with van der Waals surface area (Å²) in [6.45, 7) is 4.15. The van der Waals surface area contributed by atoms with Gasteiger partial charge < -0.3 is 5.11 Å². The van der Waals surface area contributed by atoms with Crippen LogP contribution in [0.2, 0.25) is 5.02 Å². The van der Waals surface area contributed by atoms with Gasteiger partial charge in [0.05, 0.1) is 6.10 Å². The Hall–Kier alpha value is -0.830. The summed E-state index contributed by atoms with van der Waals surface area (Å²) in [6, 6.07) is 12.1. The molecule has 1 unspecified atom stereocenters. The predicted molar refractivity (Wildman–Crippen MR) is 88.5 cm³/mol. The van der Waals surface area contributed by atoms with E-state index in [2.05, 4.69) is 48.0 Å². The van der Waals surface area contributed by atoms with Gasteiger partial charge in [-0.15, -0.1) is 0 Å². The average molecular weight is 354 g/mol. The van der Waals surface area contributed by atoms with E-state index in [1.54, 1.807) is 0 Å². The molecule has 0 heterocycles. The molecule has 1 nitrogen and oxygen atoms in total. The van der Waals surface area contributed by atoms with Crippen molar-refractivity contribution >= 4 is 27.5 Å². The van der Waals surface area contributed by atoms with Crippen molar-refractivity contribution in [3.8, 4) is 0 Å². The summed E-state index contributed by atoms with van der Waals surface area (Å²) in [5.74, 6) is 0. The molecule has 20 heavy (non-hydrogen) atoms. The normalized spacial score (nSPS) is 12.4. The maximum absolute atomic E-state index is 10.3. The van der Waals surface area contributed by atoms with Gasteiger partial charge in [0.25, 0.3) is 0 Å². The van der Waals surface area contributed by atoms with Crippen LogP contribution in [0.25, 0.3) is 0 Å². The molecule has 0 saturated heterocycles. The Bertz CT molecular complexity index is 610. The molecule has 1 N–H and O–H groups in total. The van der Waals surface area contributed by atoms with E-state index >= 15 is 0 Å². The highest BCUT2D eigenvalue weighted by Gasteiger charge is 2.11. The summed E-state index contributed by atoms with van der Waals surface area (Å²) in [5, 5.41) is 11.0. The second kappa shape index (κ2) is 6.75. The fourth-order valence-electron chi connectivity index (χ4n) is 2.29. The first-order valence-corrected chi connectivity index (χ1v) is 7.81. The van der Waals surface area contributed by atoms with E-state index in [0.717, 1.165) is 10.0 Å². The highest BCUT2D eigenvalue weighted by atomic mass is 79.9. The third-order valence-corrected chi connectivity index (χ3v) is 4.28. The molecule has 2 aromatic rings. The van der Waals surface area contributed by atoms with Gasteiger partial charge >= 0.3 is 0 Å². The van der Waals surface area contributed by atoms with E-state index < -0.39 is 6.10 Å². The third-order valence-electron chi connectivity index (χ3n) is 3.43. The van der Waals surface area contributed by atoms with Crippen molar-refractivity contribution in [2.24, 2.45) is 0 Å². The van der Waals surface area contributed by atoms with Crippen molar-refractivity contribution in [2.45, 2.75) is 32.8 Å². The number of benzene rings is 2. The lowest BCUT2D eigenvalue weighted by molar-refractivity contribution is 0.175. The average Bonchev–Trinajstić information content (AvgIpc) is 2.37. The van der Waals surface area contributed by atoms with Gasteiger partial charge in [0, 0.05) is 15.9 Å². The van der Waals surface area contributed by atoms with Crippen molar-refractivity contribution in [3.63, 3.8) is 0 Å². The van der Waals surface area contributed by atoms with Crippen molar-refractivity contribution in [1.82, 2.24) is 0 Å². The highest BCUT2D eigenvalue weighted by molar-refractivity contribution is 9.10. The number of aliphatic hydroxyl groups excluding tert-OH is 1. The Morgan fingerprint density at radius 3 is 2.45 bits per heavy atom. The number of aryl methyl sites for hydroxylation is 2. The van der Waals surface area contributed by atoms with Crippen LogP contribution in [0.5, 0.6) is 0 Å². The van der Waals surface area contributed by atoms with Crippen molar-refractivity contribution in [1.29, 1.82) is 0 Å². The molecule has 0 aliphatic heterocycles.